The maximum atomic E-state index is 12.5. The molecule has 38 heavy (non-hydrogen) atoms. The summed E-state index contributed by atoms with van der Waals surface area (Å²) in [5.74, 6) is 0.337. The molecule has 0 bridgehead atoms. The number of nitrogens with one attached hydrogen (secondary N) is 1. The van der Waals surface area contributed by atoms with Gasteiger partial charge in [0.2, 0.25) is 0 Å². The molecule has 7 nitrogen and oxygen atoms in total. The second kappa shape index (κ2) is 12.6. The minimum absolute atomic E-state index is 0.248. The summed E-state index contributed by atoms with van der Waals surface area (Å²) in [6, 6.07) is 26.2. The first kappa shape index (κ1) is 26.4. The standard InChI is InChI=1S/C30H25ClN2O5/c1-20-3-5-21(6-4-20)19-37-26-14-10-23(11-15-26)29(34)33-32-18-22-7-16-27(28(17-22)36-2)38-30(35)24-8-12-25(31)13-9-24/h3-18H,19H2,1-2H3,(H,33,34)/b32-18+. The van der Waals surface area contributed by atoms with Gasteiger partial charge in [0.25, 0.3) is 5.91 Å². The van der Waals surface area contributed by atoms with Crippen LogP contribution in [0.5, 0.6) is 17.2 Å². The number of carbonyl (C=O) groups is 2. The van der Waals surface area contributed by atoms with Crippen LogP contribution < -0.4 is 19.6 Å². The van der Waals surface area contributed by atoms with Crippen molar-refractivity contribution in [1.29, 1.82) is 0 Å². The van der Waals surface area contributed by atoms with Gasteiger partial charge >= 0.3 is 5.97 Å². The minimum Gasteiger partial charge on any atom is -0.493 e. The molecular weight excluding hydrogens is 504 g/mol. The molecule has 0 heterocycles. The van der Waals surface area contributed by atoms with Gasteiger partial charge in [-0.05, 0) is 84.8 Å². The highest BCUT2D eigenvalue weighted by Gasteiger charge is 2.13. The summed E-state index contributed by atoms with van der Waals surface area (Å²) in [5, 5.41) is 4.54. The molecule has 1 amide bonds. The van der Waals surface area contributed by atoms with Crippen molar-refractivity contribution in [3.05, 3.63) is 124 Å². The van der Waals surface area contributed by atoms with Gasteiger partial charge in [-0.25, -0.2) is 10.2 Å². The fourth-order valence-corrected chi connectivity index (χ4v) is 3.50. The van der Waals surface area contributed by atoms with Gasteiger partial charge in [0.15, 0.2) is 11.5 Å². The molecule has 0 unspecified atom stereocenters. The summed E-state index contributed by atoms with van der Waals surface area (Å²) in [5.41, 5.74) is 6.18. The van der Waals surface area contributed by atoms with E-state index in [1.807, 2.05) is 31.2 Å². The molecular formula is C30H25ClN2O5. The van der Waals surface area contributed by atoms with Crippen LogP contribution in [0.4, 0.5) is 0 Å². The van der Waals surface area contributed by atoms with E-state index in [1.54, 1.807) is 66.7 Å². The second-order valence-corrected chi connectivity index (χ2v) is 8.74. The molecule has 8 heteroatoms. The van der Waals surface area contributed by atoms with E-state index in [4.69, 9.17) is 25.8 Å². The van der Waals surface area contributed by atoms with E-state index in [0.29, 0.717) is 39.8 Å². The maximum Gasteiger partial charge on any atom is 0.343 e. The van der Waals surface area contributed by atoms with Crippen molar-refractivity contribution >= 4 is 29.7 Å². The highest BCUT2D eigenvalue weighted by Crippen LogP contribution is 2.28. The van der Waals surface area contributed by atoms with Gasteiger partial charge in [-0.15, -0.1) is 0 Å². The SMILES string of the molecule is COc1cc(/C=N/NC(=O)c2ccc(OCc3ccc(C)cc3)cc2)ccc1OC(=O)c1ccc(Cl)cc1. The van der Waals surface area contributed by atoms with E-state index < -0.39 is 5.97 Å². The maximum absolute atomic E-state index is 12.5. The first-order valence-electron chi connectivity index (χ1n) is 11.7. The zero-order valence-corrected chi connectivity index (χ0v) is 21.6. The summed E-state index contributed by atoms with van der Waals surface area (Å²) in [4.78, 5) is 24.8. The van der Waals surface area contributed by atoms with E-state index in [2.05, 4.69) is 10.5 Å². The Kier molecular flexibility index (Phi) is 8.74. The molecule has 1 N–H and O–H groups in total. The molecule has 192 valence electrons. The Morgan fingerprint density at radius 3 is 2.24 bits per heavy atom. The topological polar surface area (TPSA) is 86.2 Å². The number of amides is 1. The van der Waals surface area contributed by atoms with Gasteiger partial charge in [0.05, 0.1) is 18.9 Å². The molecule has 0 saturated carbocycles. The monoisotopic (exact) mass is 528 g/mol. The summed E-state index contributed by atoms with van der Waals surface area (Å²) < 4.78 is 16.6. The minimum atomic E-state index is -0.541. The molecule has 0 atom stereocenters. The predicted octanol–water partition coefficient (Wildman–Crippen LogP) is 6.22. The molecule has 4 rings (SSSR count). The van der Waals surface area contributed by atoms with Crippen LogP contribution in [0.1, 0.15) is 37.4 Å². The predicted molar refractivity (Wildman–Crippen MR) is 146 cm³/mol. The van der Waals surface area contributed by atoms with Crippen LogP contribution in [0.25, 0.3) is 0 Å². The van der Waals surface area contributed by atoms with Gasteiger partial charge in [-0.3, -0.25) is 4.79 Å². The van der Waals surface area contributed by atoms with Crippen LogP contribution >= 0.6 is 11.6 Å². The van der Waals surface area contributed by atoms with Crippen LogP contribution in [0.15, 0.2) is 96.1 Å². The number of hydrogen-bond acceptors (Lipinski definition) is 6. The van der Waals surface area contributed by atoms with Gasteiger partial charge in [0.1, 0.15) is 12.4 Å². The lowest BCUT2D eigenvalue weighted by Crippen LogP contribution is -2.17. The van der Waals surface area contributed by atoms with Crippen LogP contribution in [0.2, 0.25) is 5.02 Å². The summed E-state index contributed by atoms with van der Waals surface area (Å²) in [7, 11) is 1.46. The van der Waals surface area contributed by atoms with Crippen LogP contribution in [-0.4, -0.2) is 25.2 Å². The Bertz CT molecular complexity index is 1430. The van der Waals surface area contributed by atoms with Gasteiger partial charge in [-0.1, -0.05) is 41.4 Å². The van der Waals surface area contributed by atoms with E-state index in [0.717, 1.165) is 5.56 Å². The Morgan fingerprint density at radius 2 is 1.55 bits per heavy atom. The number of nitrogens with zero attached hydrogens (tertiary/aromatic N) is 1. The lowest BCUT2D eigenvalue weighted by Gasteiger charge is -2.10. The molecule has 0 aromatic heterocycles. The zero-order chi connectivity index (χ0) is 26.9. The van der Waals surface area contributed by atoms with Crippen molar-refractivity contribution < 1.29 is 23.8 Å². The number of aryl methyl sites for hydroxylation is 1. The van der Waals surface area contributed by atoms with Crippen molar-refractivity contribution in [2.24, 2.45) is 5.10 Å². The lowest BCUT2D eigenvalue weighted by atomic mass is 10.2. The third-order valence-electron chi connectivity index (χ3n) is 5.49. The number of rotatable bonds is 9. The second-order valence-electron chi connectivity index (χ2n) is 8.30. The molecule has 4 aromatic carbocycles. The van der Waals surface area contributed by atoms with Crippen molar-refractivity contribution in [1.82, 2.24) is 5.43 Å². The smallest absolute Gasteiger partial charge is 0.343 e. The number of hydrogen-bond donors (Lipinski definition) is 1. The number of esters is 1. The number of halogens is 1. The number of benzene rings is 4. The van der Waals surface area contributed by atoms with E-state index in [1.165, 1.54) is 18.9 Å². The van der Waals surface area contributed by atoms with E-state index >= 15 is 0 Å². The fourth-order valence-electron chi connectivity index (χ4n) is 3.38. The van der Waals surface area contributed by atoms with Crippen molar-refractivity contribution in [3.8, 4) is 17.2 Å². The third-order valence-corrected chi connectivity index (χ3v) is 5.74. The largest absolute Gasteiger partial charge is 0.493 e. The van der Waals surface area contributed by atoms with E-state index in [9.17, 15) is 9.59 Å². The Hall–Kier alpha value is -4.62. The van der Waals surface area contributed by atoms with Gasteiger partial charge < -0.3 is 14.2 Å². The summed E-state index contributed by atoms with van der Waals surface area (Å²) >= 11 is 5.86. The normalized spacial score (nSPS) is 10.7. The Morgan fingerprint density at radius 1 is 0.868 bits per heavy atom. The molecule has 0 aliphatic heterocycles. The van der Waals surface area contributed by atoms with Crippen molar-refractivity contribution in [2.75, 3.05) is 7.11 Å². The number of hydrazone groups is 1. The molecule has 0 aliphatic rings. The van der Waals surface area contributed by atoms with E-state index in [-0.39, 0.29) is 11.7 Å². The van der Waals surface area contributed by atoms with Crippen LogP contribution in [0, 0.1) is 6.92 Å². The number of ether oxygens (including phenoxy) is 3. The molecule has 4 aromatic rings. The average molecular weight is 529 g/mol. The fraction of sp³-hybridized carbons (Fsp3) is 0.100. The Labute approximate surface area is 225 Å². The molecule has 0 spiro atoms. The Balaban J connectivity index is 1.31. The average Bonchev–Trinajstić information content (AvgIpc) is 2.94. The molecule has 0 fully saturated rings. The van der Waals surface area contributed by atoms with Crippen molar-refractivity contribution in [3.63, 3.8) is 0 Å². The lowest BCUT2D eigenvalue weighted by molar-refractivity contribution is 0.0729. The molecule has 0 radical (unpaired) electrons. The van der Waals surface area contributed by atoms with Crippen LogP contribution in [0.3, 0.4) is 0 Å². The first-order chi connectivity index (χ1) is 18.4. The molecule has 0 aliphatic carbocycles. The van der Waals surface area contributed by atoms with Crippen molar-refractivity contribution in [2.45, 2.75) is 13.5 Å². The number of carbonyl (C=O) groups excluding carboxylic acids is 2. The zero-order valence-electron chi connectivity index (χ0n) is 20.8. The summed E-state index contributed by atoms with van der Waals surface area (Å²) in [6.45, 7) is 2.48. The summed E-state index contributed by atoms with van der Waals surface area (Å²) in [6.07, 6.45) is 1.46. The number of methoxy groups -OCH3 is 1. The highest BCUT2D eigenvalue weighted by molar-refractivity contribution is 6.30. The molecule has 0 saturated heterocycles. The quantitative estimate of drug-likeness (QED) is 0.121. The van der Waals surface area contributed by atoms with Gasteiger partial charge in [0, 0.05) is 10.6 Å². The first-order valence-corrected chi connectivity index (χ1v) is 12.1. The van der Waals surface area contributed by atoms with Crippen LogP contribution in [-0.2, 0) is 6.61 Å². The highest BCUT2D eigenvalue weighted by atomic mass is 35.5. The third kappa shape index (κ3) is 7.21. The van der Waals surface area contributed by atoms with Gasteiger partial charge in [-0.2, -0.15) is 5.10 Å².